The van der Waals surface area contributed by atoms with E-state index in [-0.39, 0.29) is 0 Å². The lowest BCUT2D eigenvalue weighted by Gasteiger charge is -2.22. The second-order valence-electron chi connectivity index (χ2n) is 5.17. The van der Waals surface area contributed by atoms with Gasteiger partial charge in [0.2, 0.25) is 0 Å². The number of thiocarbonyl (C=S) groups is 1. The van der Waals surface area contributed by atoms with Gasteiger partial charge in [0, 0.05) is 19.8 Å². The highest BCUT2D eigenvalue weighted by Gasteiger charge is 2.12. The summed E-state index contributed by atoms with van der Waals surface area (Å²) < 4.78 is 2.84. The van der Waals surface area contributed by atoms with Crippen molar-refractivity contribution in [2.75, 3.05) is 12.4 Å². The van der Waals surface area contributed by atoms with Crippen LogP contribution in [0.3, 0.4) is 0 Å². The van der Waals surface area contributed by atoms with E-state index in [1.807, 2.05) is 23.7 Å². The second kappa shape index (κ2) is 6.58. The Balaban J connectivity index is 2.08. The molecule has 0 radical (unpaired) electrons. The summed E-state index contributed by atoms with van der Waals surface area (Å²) in [5.41, 5.74) is 4.53. The zero-order valence-corrected chi connectivity index (χ0v) is 15.0. The number of aromatic nitrogens is 2. The molecule has 0 aliphatic carbocycles. The monoisotopic (exact) mass is 366 g/mol. The first-order chi connectivity index (χ1) is 9.88. The van der Waals surface area contributed by atoms with Gasteiger partial charge in [-0.15, -0.1) is 0 Å². The van der Waals surface area contributed by atoms with Crippen LogP contribution in [0.1, 0.15) is 16.8 Å². The first kappa shape index (κ1) is 16.0. The third kappa shape index (κ3) is 3.83. The number of halogens is 1. The molecule has 0 amide bonds. The molecule has 0 aliphatic heterocycles. The van der Waals surface area contributed by atoms with E-state index in [9.17, 15) is 0 Å². The summed E-state index contributed by atoms with van der Waals surface area (Å²) in [6, 6.07) is 6.30. The largest absolute Gasteiger partial charge is 0.346 e. The van der Waals surface area contributed by atoms with Crippen LogP contribution in [-0.2, 0) is 13.6 Å². The lowest BCUT2D eigenvalue weighted by Crippen LogP contribution is -2.31. The van der Waals surface area contributed by atoms with Crippen LogP contribution in [0.15, 0.2) is 28.9 Å². The summed E-state index contributed by atoms with van der Waals surface area (Å²) in [6.45, 7) is 4.83. The van der Waals surface area contributed by atoms with Gasteiger partial charge in [-0.3, -0.25) is 4.68 Å². The van der Waals surface area contributed by atoms with Crippen LogP contribution in [0.5, 0.6) is 0 Å². The summed E-state index contributed by atoms with van der Waals surface area (Å²) in [5.74, 6) is 0. The highest BCUT2D eigenvalue weighted by Crippen LogP contribution is 2.19. The van der Waals surface area contributed by atoms with Gasteiger partial charge in [-0.25, -0.2) is 0 Å². The minimum atomic E-state index is 0.688. The molecular formula is C15H19BrN4S. The van der Waals surface area contributed by atoms with Crippen molar-refractivity contribution in [3.05, 3.63) is 45.7 Å². The van der Waals surface area contributed by atoms with Crippen molar-refractivity contribution in [2.24, 2.45) is 7.05 Å². The summed E-state index contributed by atoms with van der Waals surface area (Å²) >= 11 is 9.00. The van der Waals surface area contributed by atoms with Gasteiger partial charge in [-0.2, -0.15) is 5.10 Å². The van der Waals surface area contributed by atoms with E-state index in [4.69, 9.17) is 12.2 Å². The molecule has 0 bridgehead atoms. The third-order valence-corrected chi connectivity index (χ3v) is 4.46. The van der Waals surface area contributed by atoms with E-state index in [0.717, 1.165) is 15.9 Å². The maximum atomic E-state index is 5.49. The smallest absolute Gasteiger partial charge is 0.173 e. The topological polar surface area (TPSA) is 33.1 Å². The van der Waals surface area contributed by atoms with Gasteiger partial charge in [0.15, 0.2) is 5.11 Å². The summed E-state index contributed by atoms with van der Waals surface area (Å²) in [4.78, 5) is 2.00. The van der Waals surface area contributed by atoms with Crippen LogP contribution in [0.2, 0.25) is 0 Å². The maximum Gasteiger partial charge on any atom is 0.173 e. The molecule has 2 rings (SSSR count). The van der Waals surface area contributed by atoms with Gasteiger partial charge >= 0.3 is 0 Å². The second-order valence-corrected chi connectivity index (χ2v) is 6.41. The van der Waals surface area contributed by atoms with E-state index in [1.165, 1.54) is 11.1 Å². The van der Waals surface area contributed by atoms with Crippen LogP contribution >= 0.6 is 28.1 Å². The normalized spacial score (nSPS) is 10.5. The Labute approximate surface area is 139 Å². The SMILES string of the molecule is Cc1ccc(C)c(NC(=S)N(C)Cc2c(Br)cnn2C)c1. The fraction of sp³-hybridized carbons (Fsp3) is 0.333. The molecule has 0 atom stereocenters. The number of nitrogens with zero attached hydrogens (tertiary/aromatic N) is 3. The molecule has 1 aromatic heterocycles. The number of hydrogen-bond acceptors (Lipinski definition) is 2. The molecule has 0 fully saturated rings. The van der Waals surface area contributed by atoms with E-state index in [2.05, 4.69) is 58.4 Å². The molecule has 1 aromatic carbocycles. The van der Waals surface area contributed by atoms with Gasteiger partial charge in [-0.1, -0.05) is 12.1 Å². The Kier molecular flexibility index (Phi) is 5.00. The molecule has 0 saturated heterocycles. The Morgan fingerprint density at radius 3 is 2.76 bits per heavy atom. The zero-order chi connectivity index (χ0) is 15.6. The minimum Gasteiger partial charge on any atom is -0.346 e. The molecule has 0 unspecified atom stereocenters. The Morgan fingerprint density at radius 1 is 1.43 bits per heavy atom. The van der Waals surface area contributed by atoms with Gasteiger partial charge in [-0.05, 0) is 59.2 Å². The van der Waals surface area contributed by atoms with E-state index >= 15 is 0 Å². The molecular weight excluding hydrogens is 348 g/mol. The van der Waals surface area contributed by atoms with Gasteiger partial charge in [0.05, 0.1) is 22.9 Å². The number of rotatable bonds is 3. The average molecular weight is 367 g/mol. The van der Waals surface area contributed by atoms with E-state index in [1.54, 1.807) is 6.20 Å². The van der Waals surface area contributed by atoms with Crippen LogP contribution in [-0.4, -0.2) is 26.8 Å². The first-order valence-corrected chi connectivity index (χ1v) is 7.84. The predicted molar refractivity (Wildman–Crippen MR) is 94.5 cm³/mol. The van der Waals surface area contributed by atoms with Crippen molar-refractivity contribution >= 4 is 38.9 Å². The Hall–Kier alpha value is -1.40. The number of anilines is 1. The van der Waals surface area contributed by atoms with Crippen molar-refractivity contribution < 1.29 is 0 Å². The molecule has 4 nitrogen and oxygen atoms in total. The molecule has 1 N–H and O–H groups in total. The van der Waals surface area contributed by atoms with E-state index < -0.39 is 0 Å². The number of nitrogens with one attached hydrogen (secondary N) is 1. The summed E-state index contributed by atoms with van der Waals surface area (Å²) in [6.07, 6.45) is 1.80. The van der Waals surface area contributed by atoms with Crippen molar-refractivity contribution in [3.8, 4) is 0 Å². The molecule has 0 spiro atoms. The number of benzene rings is 1. The van der Waals surface area contributed by atoms with Crippen molar-refractivity contribution in [1.29, 1.82) is 0 Å². The molecule has 6 heteroatoms. The van der Waals surface area contributed by atoms with Crippen LogP contribution in [0.4, 0.5) is 5.69 Å². The van der Waals surface area contributed by atoms with Crippen LogP contribution in [0, 0.1) is 13.8 Å². The highest BCUT2D eigenvalue weighted by atomic mass is 79.9. The van der Waals surface area contributed by atoms with Gasteiger partial charge < -0.3 is 10.2 Å². The molecule has 112 valence electrons. The average Bonchev–Trinajstić information content (AvgIpc) is 2.74. The lowest BCUT2D eigenvalue weighted by molar-refractivity contribution is 0.481. The quantitative estimate of drug-likeness (QED) is 0.840. The molecule has 1 heterocycles. The number of aryl methyl sites for hydroxylation is 3. The van der Waals surface area contributed by atoms with Gasteiger partial charge in [0.25, 0.3) is 0 Å². The fourth-order valence-electron chi connectivity index (χ4n) is 1.99. The van der Waals surface area contributed by atoms with Crippen molar-refractivity contribution in [1.82, 2.24) is 14.7 Å². The summed E-state index contributed by atoms with van der Waals surface area (Å²) in [5, 5.41) is 8.22. The number of hydrogen-bond donors (Lipinski definition) is 1. The molecule has 21 heavy (non-hydrogen) atoms. The van der Waals surface area contributed by atoms with E-state index in [0.29, 0.717) is 11.7 Å². The highest BCUT2D eigenvalue weighted by molar-refractivity contribution is 9.10. The maximum absolute atomic E-state index is 5.49. The Bertz CT molecular complexity index is 646. The first-order valence-electron chi connectivity index (χ1n) is 6.64. The molecule has 2 aromatic rings. The van der Waals surface area contributed by atoms with Crippen LogP contribution < -0.4 is 5.32 Å². The van der Waals surface area contributed by atoms with Crippen molar-refractivity contribution in [3.63, 3.8) is 0 Å². The zero-order valence-electron chi connectivity index (χ0n) is 12.6. The predicted octanol–water partition coefficient (Wildman–Crippen LogP) is 3.63. The van der Waals surface area contributed by atoms with Gasteiger partial charge in [0.1, 0.15) is 0 Å². The molecule has 0 saturated carbocycles. The summed E-state index contributed by atoms with van der Waals surface area (Å²) in [7, 11) is 3.90. The fourth-order valence-corrected chi connectivity index (χ4v) is 2.64. The third-order valence-electron chi connectivity index (χ3n) is 3.38. The lowest BCUT2D eigenvalue weighted by atomic mass is 10.1. The van der Waals surface area contributed by atoms with Crippen molar-refractivity contribution in [2.45, 2.75) is 20.4 Å². The van der Waals surface area contributed by atoms with Crippen LogP contribution in [0.25, 0.3) is 0 Å². The Morgan fingerprint density at radius 2 is 2.14 bits per heavy atom. The molecule has 0 aliphatic rings. The minimum absolute atomic E-state index is 0.688. The standard InChI is InChI=1S/C15H19BrN4S/c1-10-5-6-11(2)13(7-10)18-15(21)19(3)9-14-12(16)8-17-20(14)4/h5-8H,9H2,1-4H3,(H,18,21).